The number of hydrogen-bond acceptors (Lipinski definition) is 6. The highest BCUT2D eigenvalue weighted by Crippen LogP contribution is 2.30. The lowest BCUT2D eigenvalue weighted by Crippen LogP contribution is -2.39. The van der Waals surface area contributed by atoms with E-state index in [1.807, 2.05) is 30.0 Å². The van der Waals surface area contributed by atoms with Crippen LogP contribution in [0.15, 0.2) is 24.4 Å². The molecule has 3 rings (SSSR count). The molecule has 2 aromatic rings. The van der Waals surface area contributed by atoms with Gasteiger partial charge in [-0.05, 0) is 51.3 Å². The van der Waals surface area contributed by atoms with Crippen LogP contribution in [0.3, 0.4) is 0 Å². The molecule has 1 aromatic heterocycles. The number of carbonyl (C=O) groups is 2. The highest BCUT2D eigenvalue weighted by atomic mass is 16.5. The maximum atomic E-state index is 12.6. The summed E-state index contributed by atoms with van der Waals surface area (Å²) < 4.78 is 10.8. The van der Waals surface area contributed by atoms with E-state index in [0.717, 1.165) is 31.3 Å². The third kappa shape index (κ3) is 4.52. The van der Waals surface area contributed by atoms with Gasteiger partial charge in [-0.25, -0.2) is 4.79 Å². The maximum absolute atomic E-state index is 12.6. The van der Waals surface area contributed by atoms with Crippen molar-refractivity contribution in [2.75, 3.05) is 38.2 Å². The Morgan fingerprint density at radius 1 is 1.14 bits per heavy atom. The highest BCUT2D eigenvalue weighted by molar-refractivity contribution is 6.05. The summed E-state index contributed by atoms with van der Waals surface area (Å²) in [7, 11) is 0. The molecule has 0 saturated carbocycles. The molecule has 0 unspecified atom stereocenters. The SMILES string of the molecule is CCOC(=O)c1cnc2ccc(OCC)cc2c1NCC(=O)N1CCCCC1. The average molecular weight is 385 g/mol. The zero-order chi connectivity index (χ0) is 19.9. The Labute approximate surface area is 165 Å². The molecule has 0 spiro atoms. The number of pyridine rings is 1. The van der Waals surface area contributed by atoms with E-state index in [0.29, 0.717) is 29.1 Å². The third-order valence-electron chi connectivity index (χ3n) is 4.77. The number of esters is 1. The van der Waals surface area contributed by atoms with Crippen molar-refractivity contribution in [2.45, 2.75) is 33.1 Å². The summed E-state index contributed by atoms with van der Waals surface area (Å²) in [6.45, 7) is 6.16. The minimum Gasteiger partial charge on any atom is -0.494 e. The van der Waals surface area contributed by atoms with Crippen LogP contribution in [0, 0.1) is 0 Å². The van der Waals surface area contributed by atoms with Crippen molar-refractivity contribution in [3.05, 3.63) is 30.0 Å². The molecule has 1 fully saturated rings. The van der Waals surface area contributed by atoms with E-state index < -0.39 is 5.97 Å². The minimum atomic E-state index is -0.466. The predicted octanol–water partition coefficient (Wildman–Crippen LogP) is 3.23. The number of hydrogen-bond donors (Lipinski definition) is 1. The number of nitrogens with zero attached hydrogens (tertiary/aromatic N) is 2. The van der Waals surface area contributed by atoms with E-state index in [2.05, 4.69) is 10.3 Å². The Bertz CT molecular complexity index is 847. The monoisotopic (exact) mass is 385 g/mol. The molecule has 1 N–H and O–H groups in total. The molecule has 2 heterocycles. The molecule has 1 aromatic carbocycles. The van der Waals surface area contributed by atoms with Crippen molar-refractivity contribution < 1.29 is 19.1 Å². The van der Waals surface area contributed by atoms with Crippen LogP contribution in [0.2, 0.25) is 0 Å². The summed E-state index contributed by atoms with van der Waals surface area (Å²) in [5.74, 6) is 0.246. The summed E-state index contributed by atoms with van der Waals surface area (Å²) in [6, 6.07) is 5.51. The molecular formula is C21H27N3O4. The van der Waals surface area contributed by atoms with Crippen molar-refractivity contribution in [2.24, 2.45) is 0 Å². The number of fused-ring (bicyclic) bond motifs is 1. The van der Waals surface area contributed by atoms with E-state index in [4.69, 9.17) is 9.47 Å². The summed E-state index contributed by atoms with van der Waals surface area (Å²) in [5, 5.41) is 3.90. The number of ether oxygens (including phenoxy) is 2. The lowest BCUT2D eigenvalue weighted by molar-refractivity contribution is -0.130. The first-order valence-electron chi connectivity index (χ1n) is 9.88. The smallest absolute Gasteiger partial charge is 0.341 e. The second kappa shape index (κ2) is 9.39. The molecule has 0 aliphatic carbocycles. The molecule has 0 bridgehead atoms. The Morgan fingerprint density at radius 3 is 2.64 bits per heavy atom. The molecule has 7 heteroatoms. The lowest BCUT2D eigenvalue weighted by atomic mass is 10.1. The molecule has 0 atom stereocenters. The van der Waals surface area contributed by atoms with E-state index in [1.54, 1.807) is 6.92 Å². The van der Waals surface area contributed by atoms with Crippen LogP contribution in [-0.2, 0) is 9.53 Å². The summed E-state index contributed by atoms with van der Waals surface area (Å²) in [5.41, 5.74) is 1.58. The van der Waals surface area contributed by atoms with Crippen LogP contribution in [0.5, 0.6) is 5.75 Å². The lowest BCUT2D eigenvalue weighted by Gasteiger charge is -2.27. The summed E-state index contributed by atoms with van der Waals surface area (Å²) in [6.07, 6.45) is 4.74. The second-order valence-corrected chi connectivity index (χ2v) is 6.67. The fourth-order valence-corrected chi connectivity index (χ4v) is 3.40. The molecule has 150 valence electrons. The molecule has 0 radical (unpaired) electrons. The van der Waals surface area contributed by atoms with Gasteiger partial charge in [0.2, 0.25) is 5.91 Å². The van der Waals surface area contributed by atoms with Crippen LogP contribution in [0.25, 0.3) is 10.9 Å². The predicted molar refractivity (Wildman–Crippen MR) is 108 cm³/mol. The molecule has 1 aliphatic rings. The van der Waals surface area contributed by atoms with Gasteiger partial charge in [0.15, 0.2) is 0 Å². The highest BCUT2D eigenvalue weighted by Gasteiger charge is 2.20. The average Bonchev–Trinajstić information content (AvgIpc) is 2.72. The van der Waals surface area contributed by atoms with Gasteiger partial charge >= 0.3 is 5.97 Å². The third-order valence-corrected chi connectivity index (χ3v) is 4.77. The molecule has 7 nitrogen and oxygen atoms in total. The number of piperidine rings is 1. The Kier molecular flexibility index (Phi) is 6.68. The zero-order valence-electron chi connectivity index (χ0n) is 16.5. The quantitative estimate of drug-likeness (QED) is 0.737. The first-order chi connectivity index (χ1) is 13.6. The molecular weight excluding hydrogens is 358 g/mol. The number of nitrogens with one attached hydrogen (secondary N) is 1. The van der Waals surface area contributed by atoms with Crippen LogP contribution in [0.4, 0.5) is 5.69 Å². The van der Waals surface area contributed by atoms with Crippen molar-refractivity contribution in [1.82, 2.24) is 9.88 Å². The van der Waals surface area contributed by atoms with E-state index >= 15 is 0 Å². The van der Waals surface area contributed by atoms with Gasteiger partial charge in [0, 0.05) is 24.7 Å². The molecule has 28 heavy (non-hydrogen) atoms. The molecule has 1 amide bonds. The molecule has 1 aliphatic heterocycles. The van der Waals surface area contributed by atoms with Crippen LogP contribution >= 0.6 is 0 Å². The zero-order valence-corrected chi connectivity index (χ0v) is 16.5. The van der Waals surface area contributed by atoms with E-state index in [1.165, 1.54) is 12.6 Å². The number of rotatable bonds is 7. The Hall–Kier alpha value is -2.83. The number of amides is 1. The van der Waals surface area contributed by atoms with Gasteiger partial charge in [-0.1, -0.05) is 0 Å². The van der Waals surface area contributed by atoms with Gasteiger partial charge in [0.05, 0.1) is 31.0 Å². The fraction of sp³-hybridized carbons (Fsp3) is 0.476. The summed E-state index contributed by atoms with van der Waals surface area (Å²) in [4.78, 5) is 31.3. The number of aromatic nitrogens is 1. The number of benzene rings is 1. The van der Waals surface area contributed by atoms with Crippen molar-refractivity contribution in [1.29, 1.82) is 0 Å². The number of anilines is 1. The Balaban J connectivity index is 1.92. The number of carbonyl (C=O) groups excluding carboxylic acids is 2. The minimum absolute atomic E-state index is 0.0282. The van der Waals surface area contributed by atoms with Gasteiger partial charge in [0.25, 0.3) is 0 Å². The normalized spacial score (nSPS) is 14.0. The largest absolute Gasteiger partial charge is 0.494 e. The van der Waals surface area contributed by atoms with Gasteiger partial charge in [-0.15, -0.1) is 0 Å². The van der Waals surface area contributed by atoms with Gasteiger partial charge in [-0.2, -0.15) is 0 Å². The number of likely N-dealkylation sites (tertiary alicyclic amines) is 1. The first-order valence-corrected chi connectivity index (χ1v) is 9.88. The van der Waals surface area contributed by atoms with Gasteiger partial charge in [-0.3, -0.25) is 9.78 Å². The first kappa shape index (κ1) is 19.9. The molecule has 1 saturated heterocycles. The maximum Gasteiger partial charge on any atom is 0.341 e. The van der Waals surface area contributed by atoms with Crippen LogP contribution in [0.1, 0.15) is 43.5 Å². The topological polar surface area (TPSA) is 80.8 Å². The van der Waals surface area contributed by atoms with Crippen LogP contribution < -0.4 is 10.1 Å². The van der Waals surface area contributed by atoms with Crippen molar-refractivity contribution in [3.63, 3.8) is 0 Å². The van der Waals surface area contributed by atoms with E-state index in [-0.39, 0.29) is 19.1 Å². The fourth-order valence-electron chi connectivity index (χ4n) is 3.40. The standard InChI is InChI=1S/C21H27N3O4/c1-3-27-15-8-9-18-16(12-15)20(17(13-22-18)21(26)28-4-2)23-14-19(25)24-10-6-5-7-11-24/h8-9,12-13H,3-7,10-11,14H2,1-2H3,(H,22,23). The Morgan fingerprint density at radius 2 is 1.93 bits per heavy atom. The van der Waals surface area contributed by atoms with Crippen LogP contribution in [-0.4, -0.2) is 54.6 Å². The van der Waals surface area contributed by atoms with Crippen molar-refractivity contribution in [3.8, 4) is 5.75 Å². The van der Waals surface area contributed by atoms with Crippen molar-refractivity contribution >= 4 is 28.5 Å². The second-order valence-electron chi connectivity index (χ2n) is 6.67. The summed E-state index contributed by atoms with van der Waals surface area (Å²) >= 11 is 0. The van der Waals surface area contributed by atoms with Gasteiger partial charge < -0.3 is 19.7 Å². The van der Waals surface area contributed by atoms with E-state index in [9.17, 15) is 9.59 Å². The van der Waals surface area contributed by atoms with Gasteiger partial charge in [0.1, 0.15) is 11.3 Å².